The van der Waals surface area contributed by atoms with Crippen molar-refractivity contribution in [1.82, 2.24) is 0 Å². The van der Waals surface area contributed by atoms with Crippen molar-refractivity contribution in [2.75, 3.05) is 20.3 Å². The first-order valence-corrected chi connectivity index (χ1v) is 5.85. The van der Waals surface area contributed by atoms with Gasteiger partial charge in [0.2, 0.25) is 5.91 Å². The van der Waals surface area contributed by atoms with E-state index >= 15 is 0 Å². The largest absolute Gasteiger partial charge is 0.493 e. The van der Waals surface area contributed by atoms with Crippen molar-refractivity contribution in [3.63, 3.8) is 0 Å². The summed E-state index contributed by atoms with van der Waals surface area (Å²) >= 11 is 0. The highest BCUT2D eigenvalue weighted by Crippen LogP contribution is 2.21. The van der Waals surface area contributed by atoms with E-state index in [4.69, 9.17) is 20.3 Å². The second-order valence-electron chi connectivity index (χ2n) is 3.93. The lowest BCUT2D eigenvalue weighted by atomic mass is 10.1. The number of carboxylic acids is 1. The number of hydrogen-bond donors (Lipinski definition) is 2. The van der Waals surface area contributed by atoms with Gasteiger partial charge in [-0.05, 0) is 31.0 Å². The van der Waals surface area contributed by atoms with Crippen LogP contribution in [0.1, 0.15) is 33.6 Å². The van der Waals surface area contributed by atoms with Crippen LogP contribution < -0.4 is 10.5 Å². The fraction of sp³-hybridized carbons (Fsp3) is 0.385. The Bertz CT molecular complexity index is 458. The van der Waals surface area contributed by atoms with Crippen molar-refractivity contribution in [2.45, 2.75) is 12.8 Å². The van der Waals surface area contributed by atoms with Gasteiger partial charge in [-0.1, -0.05) is 0 Å². The van der Waals surface area contributed by atoms with Crippen LogP contribution in [0.15, 0.2) is 18.2 Å². The molecule has 0 aliphatic rings. The first-order chi connectivity index (χ1) is 9.06. The zero-order chi connectivity index (χ0) is 14.3. The number of nitrogens with two attached hydrogens (primary N) is 1. The second-order valence-corrected chi connectivity index (χ2v) is 3.93. The highest BCUT2D eigenvalue weighted by molar-refractivity contribution is 5.96. The van der Waals surface area contributed by atoms with Gasteiger partial charge in [0.05, 0.1) is 6.61 Å². The molecule has 0 heterocycles. The van der Waals surface area contributed by atoms with Crippen molar-refractivity contribution in [3.8, 4) is 5.75 Å². The van der Waals surface area contributed by atoms with Gasteiger partial charge < -0.3 is 20.3 Å². The number of rotatable bonds is 8. The van der Waals surface area contributed by atoms with Crippen LogP contribution in [0.5, 0.6) is 5.75 Å². The number of ether oxygens (including phenoxy) is 2. The molecule has 19 heavy (non-hydrogen) atoms. The zero-order valence-electron chi connectivity index (χ0n) is 10.7. The third kappa shape index (κ3) is 4.59. The predicted molar refractivity (Wildman–Crippen MR) is 68.5 cm³/mol. The van der Waals surface area contributed by atoms with Crippen LogP contribution in [0.3, 0.4) is 0 Å². The number of hydrogen-bond acceptors (Lipinski definition) is 4. The lowest BCUT2D eigenvalue weighted by molar-refractivity contribution is 0.0691. The molecule has 0 atom stereocenters. The molecule has 1 aromatic carbocycles. The predicted octanol–water partition coefficient (Wildman–Crippen LogP) is 1.29. The van der Waals surface area contributed by atoms with E-state index in [-0.39, 0.29) is 16.9 Å². The van der Waals surface area contributed by atoms with Crippen LogP contribution in [0.2, 0.25) is 0 Å². The molecule has 0 aliphatic heterocycles. The van der Waals surface area contributed by atoms with E-state index in [2.05, 4.69) is 0 Å². The van der Waals surface area contributed by atoms with E-state index < -0.39 is 11.9 Å². The number of amides is 1. The molecule has 1 rings (SSSR count). The van der Waals surface area contributed by atoms with Gasteiger partial charge in [0.1, 0.15) is 11.3 Å². The minimum atomic E-state index is -1.11. The summed E-state index contributed by atoms with van der Waals surface area (Å²) in [7, 11) is 1.61. The van der Waals surface area contributed by atoms with Gasteiger partial charge in [0.15, 0.2) is 0 Å². The van der Waals surface area contributed by atoms with E-state index in [9.17, 15) is 9.59 Å². The van der Waals surface area contributed by atoms with Gasteiger partial charge in [-0.2, -0.15) is 0 Å². The standard InChI is InChI=1S/C13H17NO5/c1-18-6-2-3-7-19-11-8-9(12(14)15)4-5-10(11)13(16)17/h4-5,8H,2-3,6-7H2,1H3,(H2,14,15)(H,16,17). The smallest absolute Gasteiger partial charge is 0.339 e. The molecule has 1 amide bonds. The molecular formula is C13H17NO5. The Morgan fingerprint density at radius 1 is 1.26 bits per heavy atom. The molecule has 1 aromatic rings. The van der Waals surface area contributed by atoms with E-state index in [0.717, 1.165) is 12.8 Å². The summed E-state index contributed by atoms with van der Waals surface area (Å²) in [4.78, 5) is 22.1. The molecule has 0 bridgehead atoms. The van der Waals surface area contributed by atoms with Crippen LogP contribution in [0.4, 0.5) is 0 Å². The molecule has 0 radical (unpaired) electrons. The molecule has 0 saturated heterocycles. The van der Waals surface area contributed by atoms with Gasteiger partial charge in [0.25, 0.3) is 0 Å². The number of unbranched alkanes of at least 4 members (excludes halogenated alkanes) is 1. The Kier molecular flexibility index (Phi) is 5.81. The third-order valence-electron chi connectivity index (χ3n) is 2.50. The number of primary amides is 1. The lowest BCUT2D eigenvalue weighted by Crippen LogP contribution is -2.13. The molecule has 3 N–H and O–H groups in total. The van der Waals surface area contributed by atoms with E-state index in [1.807, 2.05) is 0 Å². The third-order valence-corrected chi connectivity index (χ3v) is 2.50. The Morgan fingerprint density at radius 2 is 1.95 bits per heavy atom. The molecule has 0 fully saturated rings. The maximum atomic E-state index is 11.1. The van der Waals surface area contributed by atoms with Crippen molar-refractivity contribution >= 4 is 11.9 Å². The molecule has 6 heteroatoms. The van der Waals surface area contributed by atoms with E-state index in [1.54, 1.807) is 7.11 Å². The number of carbonyl (C=O) groups is 2. The monoisotopic (exact) mass is 267 g/mol. The highest BCUT2D eigenvalue weighted by Gasteiger charge is 2.13. The van der Waals surface area contributed by atoms with E-state index in [1.165, 1.54) is 18.2 Å². The average molecular weight is 267 g/mol. The maximum absolute atomic E-state index is 11.1. The fourth-order valence-corrected chi connectivity index (χ4v) is 1.50. The Morgan fingerprint density at radius 3 is 2.53 bits per heavy atom. The molecule has 0 spiro atoms. The summed E-state index contributed by atoms with van der Waals surface area (Å²) in [6.07, 6.45) is 1.54. The first kappa shape index (κ1) is 15.0. The zero-order valence-corrected chi connectivity index (χ0v) is 10.7. The fourth-order valence-electron chi connectivity index (χ4n) is 1.50. The normalized spacial score (nSPS) is 10.2. The summed E-state index contributed by atoms with van der Waals surface area (Å²) in [6, 6.07) is 4.03. The summed E-state index contributed by atoms with van der Waals surface area (Å²) < 4.78 is 10.3. The molecule has 6 nitrogen and oxygen atoms in total. The quantitative estimate of drug-likeness (QED) is 0.691. The van der Waals surface area contributed by atoms with Crippen LogP contribution in [-0.2, 0) is 4.74 Å². The highest BCUT2D eigenvalue weighted by atomic mass is 16.5. The number of carboxylic acid groups (broad SMARTS) is 1. The van der Waals surface area contributed by atoms with Gasteiger partial charge in [0, 0.05) is 19.3 Å². The Balaban J connectivity index is 2.74. The summed E-state index contributed by atoms with van der Waals surface area (Å²) in [6.45, 7) is 0.975. The molecule has 0 aliphatic carbocycles. The van der Waals surface area contributed by atoms with Crippen LogP contribution in [0, 0.1) is 0 Å². The Labute approximate surface area is 111 Å². The van der Waals surface area contributed by atoms with Crippen LogP contribution in [0.25, 0.3) is 0 Å². The summed E-state index contributed by atoms with van der Waals surface area (Å²) in [5.74, 6) is -1.58. The second kappa shape index (κ2) is 7.38. The van der Waals surface area contributed by atoms with E-state index in [0.29, 0.717) is 13.2 Å². The first-order valence-electron chi connectivity index (χ1n) is 5.85. The summed E-state index contributed by atoms with van der Waals surface area (Å²) in [5, 5.41) is 9.02. The number of aromatic carboxylic acids is 1. The van der Waals surface area contributed by atoms with Gasteiger partial charge >= 0.3 is 5.97 Å². The average Bonchev–Trinajstić information content (AvgIpc) is 2.38. The topological polar surface area (TPSA) is 98.9 Å². The van der Waals surface area contributed by atoms with Gasteiger partial charge in [-0.15, -0.1) is 0 Å². The van der Waals surface area contributed by atoms with Gasteiger partial charge in [-0.3, -0.25) is 4.79 Å². The van der Waals surface area contributed by atoms with Crippen LogP contribution in [-0.4, -0.2) is 37.3 Å². The molecule has 0 aromatic heterocycles. The van der Waals surface area contributed by atoms with Gasteiger partial charge in [-0.25, -0.2) is 4.79 Å². The molecular weight excluding hydrogens is 250 g/mol. The number of benzene rings is 1. The summed E-state index contributed by atoms with van der Waals surface area (Å²) in [5.41, 5.74) is 5.37. The van der Waals surface area contributed by atoms with Crippen LogP contribution >= 0.6 is 0 Å². The lowest BCUT2D eigenvalue weighted by Gasteiger charge is -2.10. The van der Waals surface area contributed by atoms with Crippen molar-refractivity contribution in [1.29, 1.82) is 0 Å². The molecule has 104 valence electrons. The van der Waals surface area contributed by atoms with Crippen molar-refractivity contribution in [2.24, 2.45) is 5.73 Å². The Hall–Kier alpha value is -2.08. The molecule has 0 saturated carbocycles. The molecule has 0 unspecified atom stereocenters. The van der Waals surface area contributed by atoms with Crippen molar-refractivity contribution in [3.05, 3.63) is 29.3 Å². The minimum absolute atomic E-state index is 0.0109. The van der Waals surface area contributed by atoms with Crippen molar-refractivity contribution < 1.29 is 24.2 Å². The number of methoxy groups -OCH3 is 1. The minimum Gasteiger partial charge on any atom is -0.493 e. The SMILES string of the molecule is COCCCCOc1cc(C(N)=O)ccc1C(=O)O. The number of carbonyl (C=O) groups excluding carboxylic acids is 1. The maximum Gasteiger partial charge on any atom is 0.339 e.